The molecule has 0 N–H and O–H groups in total. The number of nitrogens with zero attached hydrogens (tertiary/aromatic N) is 3. The molecule has 2 aromatic carbocycles. The van der Waals surface area contributed by atoms with Crippen molar-refractivity contribution in [2.45, 2.75) is 20.4 Å². The largest absolute Gasteiger partial charge is 0.462 e. The van der Waals surface area contributed by atoms with Gasteiger partial charge in [-0.2, -0.15) is 0 Å². The van der Waals surface area contributed by atoms with Gasteiger partial charge in [0.05, 0.1) is 17.8 Å². The number of ether oxygens (including phenoxy) is 1. The molecule has 0 atom stereocenters. The fourth-order valence-electron chi connectivity index (χ4n) is 4.03. The van der Waals surface area contributed by atoms with Crippen LogP contribution >= 0.6 is 0 Å². The van der Waals surface area contributed by atoms with E-state index in [1.165, 1.54) is 5.56 Å². The monoisotopic (exact) mass is 389 g/mol. The van der Waals surface area contributed by atoms with E-state index >= 15 is 0 Å². The number of benzene rings is 2. The second kappa shape index (κ2) is 8.62. The van der Waals surface area contributed by atoms with Gasteiger partial charge in [-0.1, -0.05) is 48.5 Å². The van der Waals surface area contributed by atoms with Gasteiger partial charge in [0.25, 0.3) is 0 Å². The van der Waals surface area contributed by atoms with Gasteiger partial charge in [0.2, 0.25) is 0 Å². The van der Waals surface area contributed by atoms with E-state index in [9.17, 15) is 4.79 Å². The lowest BCUT2D eigenvalue weighted by Gasteiger charge is -2.37. The summed E-state index contributed by atoms with van der Waals surface area (Å²) in [5, 5.41) is 1.02. The first-order chi connectivity index (χ1) is 14.2. The van der Waals surface area contributed by atoms with Crippen LogP contribution in [0.3, 0.4) is 0 Å². The third-order valence-corrected chi connectivity index (χ3v) is 5.50. The molecule has 4 rings (SSSR count). The first-order valence-corrected chi connectivity index (χ1v) is 10.2. The minimum atomic E-state index is -0.301. The van der Waals surface area contributed by atoms with Gasteiger partial charge in [-0.15, -0.1) is 0 Å². The highest BCUT2D eigenvalue weighted by atomic mass is 16.5. The van der Waals surface area contributed by atoms with Crippen LogP contribution in [-0.2, 0) is 11.3 Å². The minimum absolute atomic E-state index is 0.301. The van der Waals surface area contributed by atoms with Crippen LogP contribution in [0.5, 0.6) is 0 Å². The summed E-state index contributed by atoms with van der Waals surface area (Å²) in [7, 11) is 0. The molecule has 0 unspecified atom stereocenters. The molecule has 2 heterocycles. The van der Waals surface area contributed by atoms with Crippen molar-refractivity contribution in [2.24, 2.45) is 0 Å². The van der Waals surface area contributed by atoms with Crippen molar-refractivity contribution >= 4 is 22.6 Å². The van der Waals surface area contributed by atoms with E-state index in [2.05, 4.69) is 64.2 Å². The summed E-state index contributed by atoms with van der Waals surface area (Å²) in [6.45, 7) is 8.84. The molecule has 0 saturated carbocycles. The van der Waals surface area contributed by atoms with Crippen LogP contribution in [0.1, 0.15) is 28.4 Å². The summed E-state index contributed by atoms with van der Waals surface area (Å²) in [4.78, 5) is 22.0. The summed E-state index contributed by atoms with van der Waals surface area (Å²) >= 11 is 0. The maximum absolute atomic E-state index is 12.6. The van der Waals surface area contributed by atoms with Crippen LogP contribution in [0.2, 0.25) is 0 Å². The van der Waals surface area contributed by atoms with Gasteiger partial charge >= 0.3 is 5.97 Å². The number of hydrogen-bond acceptors (Lipinski definition) is 5. The zero-order chi connectivity index (χ0) is 20.2. The molecular formula is C24H27N3O2. The predicted molar refractivity (Wildman–Crippen MR) is 116 cm³/mol. The zero-order valence-corrected chi connectivity index (χ0v) is 17.1. The molecule has 0 radical (unpaired) electrons. The van der Waals surface area contributed by atoms with E-state index in [0.717, 1.165) is 54.9 Å². The van der Waals surface area contributed by atoms with Crippen molar-refractivity contribution in [3.8, 4) is 0 Å². The average Bonchev–Trinajstić information content (AvgIpc) is 2.75. The highest BCUT2D eigenvalue weighted by Gasteiger charge is 2.25. The number of para-hydroxylation sites is 1. The van der Waals surface area contributed by atoms with E-state index in [4.69, 9.17) is 4.74 Å². The summed E-state index contributed by atoms with van der Waals surface area (Å²) < 4.78 is 5.32. The molecule has 0 spiro atoms. The maximum atomic E-state index is 12.6. The summed E-state index contributed by atoms with van der Waals surface area (Å²) in [5.74, 6) is -0.301. The number of anilines is 1. The first kappa shape index (κ1) is 19.4. The second-order valence-corrected chi connectivity index (χ2v) is 7.46. The Morgan fingerprint density at radius 2 is 1.79 bits per heavy atom. The van der Waals surface area contributed by atoms with Crippen molar-refractivity contribution in [1.82, 2.24) is 9.88 Å². The van der Waals surface area contributed by atoms with Gasteiger partial charge in [-0.25, -0.2) is 4.79 Å². The molecule has 5 heteroatoms. The molecule has 3 aromatic rings. The number of rotatable bonds is 5. The van der Waals surface area contributed by atoms with Gasteiger partial charge in [-0.3, -0.25) is 9.88 Å². The second-order valence-electron chi connectivity index (χ2n) is 7.46. The number of pyridine rings is 1. The standard InChI is InChI=1S/C24H27N3O2/c1-3-29-24(28)21-16-25-22-18(2)8-7-11-20(22)23(21)27-14-12-26(13-15-27)17-19-9-5-4-6-10-19/h4-11,16H,3,12-15,17H2,1-2H3. The van der Waals surface area contributed by atoms with Crippen LogP contribution in [0.4, 0.5) is 5.69 Å². The number of aromatic nitrogens is 1. The highest BCUT2D eigenvalue weighted by Crippen LogP contribution is 2.32. The fraction of sp³-hybridized carbons (Fsp3) is 0.333. The molecule has 0 amide bonds. The Morgan fingerprint density at radius 1 is 1.03 bits per heavy atom. The fourth-order valence-corrected chi connectivity index (χ4v) is 4.03. The van der Waals surface area contributed by atoms with Gasteiger partial charge in [-0.05, 0) is 25.0 Å². The predicted octanol–water partition coefficient (Wildman–Crippen LogP) is 4.04. The lowest BCUT2D eigenvalue weighted by molar-refractivity contribution is 0.0526. The molecule has 29 heavy (non-hydrogen) atoms. The Morgan fingerprint density at radius 3 is 2.52 bits per heavy atom. The van der Waals surface area contributed by atoms with Gasteiger partial charge in [0.15, 0.2) is 0 Å². The zero-order valence-electron chi connectivity index (χ0n) is 17.1. The number of carbonyl (C=O) groups is 1. The number of carbonyl (C=O) groups excluding carboxylic acids is 1. The molecule has 1 aliphatic rings. The third kappa shape index (κ3) is 4.10. The molecule has 0 aliphatic carbocycles. The summed E-state index contributed by atoms with van der Waals surface area (Å²) in [6, 6.07) is 16.7. The van der Waals surface area contributed by atoms with Crippen LogP contribution in [-0.4, -0.2) is 48.6 Å². The lowest BCUT2D eigenvalue weighted by Crippen LogP contribution is -2.46. The third-order valence-electron chi connectivity index (χ3n) is 5.50. The number of aryl methyl sites for hydroxylation is 1. The number of hydrogen-bond donors (Lipinski definition) is 0. The highest BCUT2D eigenvalue weighted by molar-refractivity contribution is 6.05. The Kier molecular flexibility index (Phi) is 5.76. The Labute approximate surface area is 171 Å². The van der Waals surface area contributed by atoms with E-state index in [1.807, 2.05) is 13.0 Å². The topological polar surface area (TPSA) is 45.7 Å². The molecule has 5 nitrogen and oxygen atoms in total. The van der Waals surface area contributed by atoms with E-state index in [1.54, 1.807) is 6.20 Å². The Hall–Kier alpha value is -2.92. The van der Waals surface area contributed by atoms with Crippen LogP contribution in [0.25, 0.3) is 10.9 Å². The van der Waals surface area contributed by atoms with E-state index in [0.29, 0.717) is 12.2 Å². The van der Waals surface area contributed by atoms with Crippen molar-refractivity contribution in [1.29, 1.82) is 0 Å². The van der Waals surface area contributed by atoms with Crippen molar-refractivity contribution in [3.05, 3.63) is 71.4 Å². The molecule has 1 aliphatic heterocycles. The quantitative estimate of drug-likeness (QED) is 0.616. The number of esters is 1. The van der Waals surface area contributed by atoms with Gasteiger partial charge < -0.3 is 9.64 Å². The maximum Gasteiger partial charge on any atom is 0.341 e. The van der Waals surface area contributed by atoms with Crippen LogP contribution in [0.15, 0.2) is 54.7 Å². The SMILES string of the molecule is CCOC(=O)c1cnc2c(C)cccc2c1N1CCN(Cc2ccccc2)CC1. The van der Waals surface area contributed by atoms with E-state index in [-0.39, 0.29) is 5.97 Å². The van der Waals surface area contributed by atoms with Gasteiger partial charge in [0, 0.05) is 44.3 Å². The van der Waals surface area contributed by atoms with Crippen molar-refractivity contribution < 1.29 is 9.53 Å². The molecular weight excluding hydrogens is 362 g/mol. The van der Waals surface area contributed by atoms with Crippen molar-refractivity contribution in [2.75, 3.05) is 37.7 Å². The average molecular weight is 389 g/mol. The summed E-state index contributed by atoms with van der Waals surface area (Å²) in [5.41, 5.74) is 4.90. The summed E-state index contributed by atoms with van der Waals surface area (Å²) in [6.07, 6.45) is 1.68. The number of fused-ring (bicyclic) bond motifs is 1. The smallest absolute Gasteiger partial charge is 0.341 e. The Balaban J connectivity index is 1.62. The van der Waals surface area contributed by atoms with Crippen LogP contribution < -0.4 is 4.90 Å². The van der Waals surface area contributed by atoms with Gasteiger partial charge in [0.1, 0.15) is 5.56 Å². The molecule has 150 valence electrons. The first-order valence-electron chi connectivity index (χ1n) is 10.2. The molecule has 1 fully saturated rings. The van der Waals surface area contributed by atoms with Crippen LogP contribution in [0, 0.1) is 6.92 Å². The lowest BCUT2D eigenvalue weighted by atomic mass is 10.0. The molecule has 0 bridgehead atoms. The van der Waals surface area contributed by atoms with E-state index < -0.39 is 0 Å². The molecule has 1 aromatic heterocycles. The normalized spacial score (nSPS) is 14.9. The van der Waals surface area contributed by atoms with Crippen molar-refractivity contribution in [3.63, 3.8) is 0 Å². The number of piperazine rings is 1. The molecule has 1 saturated heterocycles. The minimum Gasteiger partial charge on any atom is -0.462 e. The Bertz CT molecular complexity index is 996.